The Kier molecular flexibility index (Phi) is 3.78. The van der Waals surface area contributed by atoms with Crippen LogP contribution in [0.4, 0.5) is 0 Å². The van der Waals surface area contributed by atoms with Crippen LogP contribution in [-0.2, 0) is 0 Å². The van der Waals surface area contributed by atoms with Crippen LogP contribution in [0.1, 0.15) is 21.5 Å². The fourth-order valence-electron chi connectivity index (χ4n) is 3.10. The lowest BCUT2D eigenvalue weighted by Crippen LogP contribution is -2.19. The largest absolute Gasteiger partial charge is 0.361 e. The van der Waals surface area contributed by atoms with Crippen LogP contribution < -0.4 is 5.43 Å². The number of carbonyl (C=O) groups excluding carboxylic acids is 1. The van der Waals surface area contributed by atoms with Crippen molar-refractivity contribution in [2.24, 2.45) is 5.10 Å². The fourth-order valence-corrected chi connectivity index (χ4v) is 3.10. The van der Waals surface area contributed by atoms with Gasteiger partial charge in [-0.05, 0) is 29.3 Å². The van der Waals surface area contributed by atoms with Gasteiger partial charge in [-0.15, -0.1) is 0 Å². The molecule has 1 aromatic heterocycles. The standard InChI is InChI=1S/C21H17N3O/c1-14-10-11-15-6-2-3-8-18(15)20(14)21(25)24-23-13-16-12-22-19-9-5-4-7-17(16)19/h2-13,22H,1H3,(H,24,25)/b23-13-. The minimum atomic E-state index is -0.203. The number of aryl methyl sites for hydroxylation is 1. The molecule has 0 radical (unpaired) electrons. The molecule has 4 rings (SSSR count). The average Bonchev–Trinajstić information content (AvgIpc) is 3.05. The minimum absolute atomic E-state index is 0.203. The number of aromatic amines is 1. The van der Waals surface area contributed by atoms with Gasteiger partial charge in [0.2, 0.25) is 0 Å². The molecule has 0 aliphatic heterocycles. The van der Waals surface area contributed by atoms with E-state index >= 15 is 0 Å². The summed E-state index contributed by atoms with van der Waals surface area (Å²) in [5.74, 6) is -0.203. The number of para-hydroxylation sites is 1. The predicted octanol–water partition coefficient (Wildman–Crippen LogP) is 4.39. The molecule has 25 heavy (non-hydrogen) atoms. The molecule has 0 unspecified atom stereocenters. The maximum Gasteiger partial charge on any atom is 0.272 e. The van der Waals surface area contributed by atoms with Gasteiger partial charge in [-0.25, -0.2) is 5.43 Å². The number of benzene rings is 3. The highest BCUT2D eigenvalue weighted by atomic mass is 16.2. The van der Waals surface area contributed by atoms with Crippen molar-refractivity contribution in [3.63, 3.8) is 0 Å². The van der Waals surface area contributed by atoms with Crippen LogP contribution in [0.25, 0.3) is 21.7 Å². The first-order chi connectivity index (χ1) is 12.2. The van der Waals surface area contributed by atoms with E-state index in [4.69, 9.17) is 0 Å². The van der Waals surface area contributed by atoms with Crippen molar-refractivity contribution < 1.29 is 4.79 Å². The van der Waals surface area contributed by atoms with Crippen molar-refractivity contribution in [3.05, 3.63) is 83.6 Å². The second-order valence-corrected chi connectivity index (χ2v) is 5.97. The molecule has 0 fully saturated rings. The van der Waals surface area contributed by atoms with E-state index in [0.717, 1.165) is 32.8 Å². The molecule has 1 heterocycles. The highest BCUT2D eigenvalue weighted by molar-refractivity contribution is 6.08. The number of hydrogen-bond donors (Lipinski definition) is 2. The SMILES string of the molecule is Cc1ccc2ccccc2c1C(=O)N/N=C\c1c[nH]c2ccccc12. The Hall–Kier alpha value is -3.40. The minimum Gasteiger partial charge on any atom is -0.361 e. The molecule has 0 bridgehead atoms. The normalized spacial score (nSPS) is 11.4. The topological polar surface area (TPSA) is 57.2 Å². The van der Waals surface area contributed by atoms with E-state index in [1.807, 2.05) is 73.8 Å². The summed E-state index contributed by atoms with van der Waals surface area (Å²) in [6, 6.07) is 19.8. The number of aromatic nitrogens is 1. The van der Waals surface area contributed by atoms with Crippen molar-refractivity contribution in [1.82, 2.24) is 10.4 Å². The summed E-state index contributed by atoms with van der Waals surface area (Å²) in [6.07, 6.45) is 3.54. The quantitative estimate of drug-likeness (QED) is 0.425. The summed E-state index contributed by atoms with van der Waals surface area (Å²) in [6.45, 7) is 1.94. The summed E-state index contributed by atoms with van der Waals surface area (Å²) in [7, 11) is 0. The number of hydrazone groups is 1. The highest BCUT2D eigenvalue weighted by Crippen LogP contribution is 2.22. The van der Waals surface area contributed by atoms with Gasteiger partial charge in [-0.1, -0.05) is 54.6 Å². The third kappa shape index (κ3) is 2.78. The van der Waals surface area contributed by atoms with E-state index in [0.29, 0.717) is 5.56 Å². The molecule has 4 heteroatoms. The molecule has 0 saturated carbocycles. The third-order valence-electron chi connectivity index (χ3n) is 4.36. The van der Waals surface area contributed by atoms with Gasteiger partial charge < -0.3 is 4.98 Å². The maximum absolute atomic E-state index is 12.6. The number of nitrogens with one attached hydrogen (secondary N) is 2. The lowest BCUT2D eigenvalue weighted by molar-refractivity contribution is 0.0956. The third-order valence-corrected chi connectivity index (χ3v) is 4.36. The molecular formula is C21H17N3O. The van der Waals surface area contributed by atoms with Gasteiger partial charge in [0.25, 0.3) is 5.91 Å². The zero-order valence-corrected chi connectivity index (χ0v) is 13.8. The summed E-state index contributed by atoms with van der Waals surface area (Å²) < 4.78 is 0. The highest BCUT2D eigenvalue weighted by Gasteiger charge is 2.12. The second-order valence-electron chi connectivity index (χ2n) is 5.97. The van der Waals surface area contributed by atoms with Crippen LogP contribution in [-0.4, -0.2) is 17.1 Å². The van der Waals surface area contributed by atoms with Crippen LogP contribution in [0.5, 0.6) is 0 Å². The molecular weight excluding hydrogens is 310 g/mol. The van der Waals surface area contributed by atoms with Gasteiger partial charge in [0.15, 0.2) is 0 Å². The number of carbonyl (C=O) groups is 1. The van der Waals surface area contributed by atoms with Crippen molar-refractivity contribution in [1.29, 1.82) is 0 Å². The Morgan fingerprint density at radius 2 is 1.76 bits per heavy atom. The molecule has 1 amide bonds. The predicted molar refractivity (Wildman–Crippen MR) is 102 cm³/mol. The molecule has 0 aliphatic carbocycles. The molecule has 0 aliphatic rings. The van der Waals surface area contributed by atoms with Gasteiger partial charge in [0, 0.05) is 22.7 Å². The van der Waals surface area contributed by atoms with Crippen LogP contribution >= 0.6 is 0 Å². The summed E-state index contributed by atoms with van der Waals surface area (Å²) in [5.41, 5.74) is 6.22. The lowest BCUT2D eigenvalue weighted by Gasteiger charge is -2.08. The summed E-state index contributed by atoms with van der Waals surface area (Å²) in [4.78, 5) is 15.8. The number of rotatable bonds is 3. The van der Waals surface area contributed by atoms with Crippen LogP contribution in [0, 0.1) is 6.92 Å². The Morgan fingerprint density at radius 1 is 1.00 bits per heavy atom. The first kappa shape index (κ1) is 15.1. The van der Waals surface area contributed by atoms with Gasteiger partial charge in [0.05, 0.1) is 11.8 Å². The van der Waals surface area contributed by atoms with Crippen molar-refractivity contribution in [2.45, 2.75) is 6.92 Å². The number of fused-ring (bicyclic) bond motifs is 2. The Labute approximate surface area is 145 Å². The molecule has 4 nitrogen and oxygen atoms in total. The number of hydrogen-bond acceptors (Lipinski definition) is 2. The first-order valence-corrected chi connectivity index (χ1v) is 8.12. The van der Waals surface area contributed by atoms with Gasteiger partial charge in [0.1, 0.15) is 0 Å². The van der Waals surface area contributed by atoms with Crippen LogP contribution in [0.3, 0.4) is 0 Å². The van der Waals surface area contributed by atoms with E-state index in [1.165, 1.54) is 0 Å². The molecule has 0 spiro atoms. The maximum atomic E-state index is 12.6. The van der Waals surface area contributed by atoms with E-state index in [2.05, 4.69) is 15.5 Å². The number of amides is 1. The van der Waals surface area contributed by atoms with Crippen molar-refractivity contribution in [2.75, 3.05) is 0 Å². The second kappa shape index (κ2) is 6.24. The molecule has 2 N–H and O–H groups in total. The van der Waals surface area contributed by atoms with Crippen LogP contribution in [0.2, 0.25) is 0 Å². The molecule has 122 valence electrons. The van der Waals surface area contributed by atoms with E-state index < -0.39 is 0 Å². The Bertz CT molecular complexity index is 1110. The van der Waals surface area contributed by atoms with Gasteiger partial charge in [-0.3, -0.25) is 4.79 Å². The zero-order chi connectivity index (χ0) is 17.2. The first-order valence-electron chi connectivity index (χ1n) is 8.12. The van der Waals surface area contributed by atoms with E-state index in [-0.39, 0.29) is 5.91 Å². The van der Waals surface area contributed by atoms with Gasteiger partial charge >= 0.3 is 0 Å². The molecule has 0 saturated heterocycles. The monoisotopic (exact) mass is 327 g/mol. The summed E-state index contributed by atoms with van der Waals surface area (Å²) >= 11 is 0. The fraction of sp³-hybridized carbons (Fsp3) is 0.0476. The van der Waals surface area contributed by atoms with Crippen molar-refractivity contribution in [3.8, 4) is 0 Å². The molecule has 4 aromatic rings. The van der Waals surface area contributed by atoms with Crippen LogP contribution in [0.15, 0.2) is 72.0 Å². The van der Waals surface area contributed by atoms with E-state index in [9.17, 15) is 4.79 Å². The smallest absolute Gasteiger partial charge is 0.272 e. The lowest BCUT2D eigenvalue weighted by atomic mass is 9.99. The Morgan fingerprint density at radius 3 is 2.64 bits per heavy atom. The average molecular weight is 327 g/mol. The number of nitrogens with zero attached hydrogens (tertiary/aromatic N) is 1. The summed E-state index contributed by atoms with van der Waals surface area (Å²) in [5, 5.41) is 7.19. The zero-order valence-electron chi connectivity index (χ0n) is 13.8. The molecule has 0 atom stereocenters. The molecule has 3 aromatic carbocycles. The van der Waals surface area contributed by atoms with E-state index in [1.54, 1.807) is 6.21 Å². The number of H-pyrrole nitrogens is 1. The van der Waals surface area contributed by atoms with Gasteiger partial charge in [-0.2, -0.15) is 5.10 Å². The Balaban J connectivity index is 1.62. The van der Waals surface area contributed by atoms with Crippen molar-refractivity contribution >= 4 is 33.8 Å².